The maximum atomic E-state index is 12.4. The van der Waals surface area contributed by atoms with E-state index in [0.717, 1.165) is 0 Å². The summed E-state index contributed by atoms with van der Waals surface area (Å²) in [7, 11) is -2.08. The van der Waals surface area contributed by atoms with E-state index in [2.05, 4.69) is 5.10 Å². The number of rotatable bonds is 2. The van der Waals surface area contributed by atoms with Crippen molar-refractivity contribution in [1.82, 2.24) is 13.8 Å². The molecule has 92 valence electrons. The second-order valence-corrected chi connectivity index (χ2v) is 5.65. The Labute approximate surface area is 99.7 Å². The average Bonchev–Trinajstić information content (AvgIpc) is 2.70. The van der Waals surface area contributed by atoms with Gasteiger partial charge < -0.3 is 5.73 Å². The van der Waals surface area contributed by atoms with Crippen LogP contribution in [0.3, 0.4) is 0 Å². The fraction of sp³-hybridized carbons (Fsp3) is 0.300. The van der Waals surface area contributed by atoms with Crippen molar-refractivity contribution in [3.63, 3.8) is 0 Å². The number of nitrogen functional groups attached to an aromatic ring is 1. The number of anilines is 1. The summed E-state index contributed by atoms with van der Waals surface area (Å²) in [5.41, 5.74) is 7.07. The second kappa shape index (κ2) is 3.63. The first-order chi connectivity index (χ1) is 7.84. The number of hydrogen-bond acceptors (Lipinski definition) is 4. The molecule has 0 fully saturated rings. The molecule has 0 unspecified atom stereocenters. The Kier molecular flexibility index (Phi) is 2.50. The molecule has 0 bridgehead atoms. The van der Waals surface area contributed by atoms with Crippen LogP contribution in [-0.2, 0) is 17.1 Å². The largest absolute Gasteiger partial charge is 0.395 e. The van der Waals surface area contributed by atoms with Gasteiger partial charge in [0.25, 0.3) is 10.0 Å². The van der Waals surface area contributed by atoms with Gasteiger partial charge in [-0.1, -0.05) is 0 Å². The number of aromatic nitrogens is 3. The van der Waals surface area contributed by atoms with E-state index in [1.54, 1.807) is 33.0 Å². The van der Waals surface area contributed by atoms with Crippen LogP contribution >= 0.6 is 0 Å². The summed E-state index contributed by atoms with van der Waals surface area (Å²) in [5, 5.41) is 3.79. The number of hydrogen-bond donors (Lipinski definition) is 1. The number of nitrogens with two attached hydrogens (primary N) is 1. The summed E-state index contributed by atoms with van der Waals surface area (Å²) in [6.07, 6.45) is 1.47. The standard InChI is InChI=1S/C10H14N4O2S/c1-7-4-5-8(2)14(7)17(15,16)10-9(11)6-13(3)12-10/h4-6H,11H2,1-3H3. The van der Waals surface area contributed by atoms with Crippen LogP contribution in [0.2, 0.25) is 0 Å². The van der Waals surface area contributed by atoms with Crippen molar-refractivity contribution in [2.75, 3.05) is 5.73 Å². The Hall–Kier alpha value is -1.76. The lowest BCUT2D eigenvalue weighted by molar-refractivity contribution is 0.577. The topological polar surface area (TPSA) is 82.9 Å². The van der Waals surface area contributed by atoms with E-state index < -0.39 is 10.0 Å². The van der Waals surface area contributed by atoms with Crippen LogP contribution in [-0.4, -0.2) is 22.2 Å². The van der Waals surface area contributed by atoms with E-state index in [1.807, 2.05) is 0 Å². The molecule has 0 aliphatic rings. The SMILES string of the molecule is Cc1ccc(C)n1S(=O)(=O)c1nn(C)cc1N. The Balaban J connectivity index is 2.70. The van der Waals surface area contributed by atoms with E-state index in [9.17, 15) is 8.42 Å². The van der Waals surface area contributed by atoms with Crippen LogP contribution < -0.4 is 5.73 Å². The van der Waals surface area contributed by atoms with Crippen LogP contribution in [0.1, 0.15) is 11.4 Å². The minimum atomic E-state index is -3.71. The van der Waals surface area contributed by atoms with E-state index in [-0.39, 0.29) is 10.7 Å². The van der Waals surface area contributed by atoms with Gasteiger partial charge in [-0.05, 0) is 26.0 Å². The van der Waals surface area contributed by atoms with Gasteiger partial charge in [0, 0.05) is 24.6 Å². The van der Waals surface area contributed by atoms with Crippen LogP contribution in [0.4, 0.5) is 5.69 Å². The zero-order chi connectivity index (χ0) is 12.8. The summed E-state index contributed by atoms with van der Waals surface area (Å²) in [6, 6.07) is 3.48. The van der Waals surface area contributed by atoms with Gasteiger partial charge in [-0.25, -0.2) is 3.97 Å². The number of nitrogens with zero attached hydrogens (tertiary/aromatic N) is 3. The molecule has 0 radical (unpaired) electrons. The van der Waals surface area contributed by atoms with Crippen molar-refractivity contribution in [1.29, 1.82) is 0 Å². The Morgan fingerprint density at radius 1 is 1.24 bits per heavy atom. The summed E-state index contributed by atoms with van der Waals surface area (Å²) in [6.45, 7) is 3.45. The van der Waals surface area contributed by atoms with Crippen LogP contribution in [0.5, 0.6) is 0 Å². The van der Waals surface area contributed by atoms with Crippen molar-refractivity contribution >= 4 is 15.7 Å². The van der Waals surface area contributed by atoms with Gasteiger partial charge in [-0.15, -0.1) is 0 Å². The molecule has 2 aromatic heterocycles. The third-order valence-electron chi connectivity index (χ3n) is 2.51. The molecule has 0 aliphatic carbocycles. The molecular formula is C10H14N4O2S. The van der Waals surface area contributed by atoms with Gasteiger partial charge in [0.1, 0.15) is 0 Å². The van der Waals surface area contributed by atoms with Crippen molar-refractivity contribution in [3.05, 3.63) is 29.7 Å². The Morgan fingerprint density at radius 3 is 2.18 bits per heavy atom. The number of aryl methyl sites for hydroxylation is 3. The first kappa shape index (κ1) is 11.7. The predicted molar refractivity (Wildman–Crippen MR) is 64.1 cm³/mol. The highest BCUT2D eigenvalue weighted by atomic mass is 32.2. The van der Waals surface area contributed by atoms with Crippen LogP contribution in [0.15, 0.2) is 23.4 Å². The quantitative estimate of drug-likeness (QED) is 0.853. The highest BCUT2D eigenvalue weighted by molar-refractivity contribution is 7.90. The summed E-state index contributed by atoms with van der Waals surface area (Å²) < 4.78 is 27.4. The molecule has 6 nitrogen and oxygen atoms in total. The fourth-order valence-corrected chi connectivity index (χ4v) is 3.44. The molecule has 17 heavy (non-hydrogen) atoms. The molecule has 0 atom stereocenters. The highest BCUT2D eigenvalue weighted by Crippen LogP contribution is 2.22. The van der Waals surface area contributed by atoms with Crippen LogP contribution in [0.25, 0.3) is 0 Å². The first-order valence-electron chi connectivity index (χ1n) is 5.03. The average molecular weight is 254 g/mol. The molecule has 0 spiro atoms. The molecule has 0 aliphatic heterocycles. The molecule has 2 heterocycles. The van der Waals surface area contributed by atoms with Gasteiger partial charge in [-0.3, -0.25) is 4.68 Å². The second-order valence-electron chi connectivity index (χ2n) is 3.95. The van der Waals surface area contributed by atoms with Gasteiger partial charge in [0.2, 0.25) is 5.03 Å². The lowest BCUT2D eigenvalue weighted by Crippen LogP contribution is -2.17. The van der Waals surface area contributed by atoms with Crippen molar-refractivity contribution in [2.45, 2.75) is 18.9 Å². The van der Waals surface area contributed by atoms with Gasteiger partial charge in [0.15, 0.2) is 0 Å². The predicted octanol–water partition coefficient (Wildman–Crippen LogP) is 0.658. The van der Waals surface area contributed by atoms with Gasteiger partial charge in [-0.2, -0.15) is 13.5 Å². The highest BCUT2D eigenvalue weighted by Gasteiger charge is 2.25. The molecule has 0 saturated heterocycles. The molecule has 0 saturated carbocycles. The molecule has 2 aromatic rings. The summed E-state index contributed by atoms with van der Waals surface area (Å²) in [4.78, 5) is 0. The van der Waals surface area contributed by atoms with E-state index in [4.69, 9.17) is 5.73 Å². The third kappa shape index (κ3) is 1.72. The lowest BCUT2D eigenvalue weighted by atomic mass is 10.5. The zero-order valence-corrected chi connectivity index (χ0v) is 10.7. The molecule has 2 N–H and O–H groups in total. The van der Waals surface area contributed by atoms with Crippen molar-refractivity contribution < 1.29 is 8.42 Å². The maximum absolute atomic E-state index is 12.4. The monoisotopic (exact) mass is 254 g/mol. The molecule has 0 amide bonds. The van der Waals surface area contributed by atoms with E-state index >= 15 is 0 Å². The molecule has 2 rings (SSSR count). The molecular weight excluding hydrogens is 240 g/mol. The van der Waals surface area contributed by atoms with E-state index in [1.165, 1.54) is 14.9 Å². The smallest absolute Gasteiger partial charge is 0.289 e. The maximum Gasteiger partial charge on any atom is 0.289 e. The lowest BCUT2D eigenvalue weighted by Gasteiger charge is -2.08. The first-order valence-corrected chi connectivity index (χ1v) is 6.47. The summed E-state index contributed by atoms with van der Waals surface area (Å²) in [5.74, 6) is 0. The normalized spacial score (nSPS) is 11.9. The molecule has 0 aromatic carbocycles. The Morgan fingerprint density at radius 2 is 1.76 bits per heavy atom. The minimum Gasteiger partial charge on any atom is -0.395 e. The van der Waals surface area contributed by atoms with E-state index in [0.29, 0.717) is 11.4 Å². The summed E-state index contributed by atoms with van der Waals surface area (Å²) >= 11 is 0. The van der Waals surface area contributed by atoms with Crippen molar-refractivity contribution in [2.24, 2.45) is 7.05 Å². The zero-order valence-electron chi connectivity index (χ0n) is 9.88. The van der Waals surface area contributed by atoms with Gasteiger partial charge >= 0.3 is 0 Å². The Bertz CT molecular complexity index is 647. The van der Waals surface area contributed by atoms with Gasteiger partial charge in [0.05, 0.1) is 5.69 Å². The fourth-order valence-electron chi connectivity index (χ4n) is 1.81. The third-order valence-corrected chi connectivity index (χ3v) is 4.38. The minimum absolute atomic E-state index is 0.109. The van der Waals surface area contributed by atoms with Crippen LogP contribution in [0, 0.1) is 13.8 Å². The van der Waals surface area contributed by atoms with Crippen molar-refractivity contribution in [3.8, 4) is 0 Å². The molecule has 7 heteroatoms.